The van der Waals surface area contributed by atoms with Crippen LogP contribution in [0.5, 0.6) is 5.75 Å². The van der Waals surface area contributed by atoms with E-state index in [0.29, 0.717) is 6.61 Å². The summed E-state index contributed by atoms with van der Waals surface area (Å²) in [5.74, 6) is 0.979. The van der Waals surface area contributed by atoms with Crippen molar-refractivity contribution in [3.8, 4) is 16.9 Å². The Hall–Kier alpha value is -3.25. The average Bonchev–Trinajstić information content (AvgIpc) is 3.20. The third kappa shape index (κ3) is 3.57. The van der Waals surface area contributed by atoms with Gasteiger partial charge in [-0.2, -0.15) is 0 Å². The van der Waals surface area contributed by atoms with E-state index in [1.54, 1.807) is 12.4 Å². The highest BCUT2D eigenvalue weighted by Gasteiger charge is 2.27. The second kappa shape index (κ2) is 8.12. The third-order valence-corrected chi connectivity index (χ3v) is 6.87. The van der Waals surface area contributed by atoms with Crippen molar-refractivity contribution in [2.75, 3.05) is 6.61 Å². The lowest BCUT2D eigenvalue weighted by atomic mass is 9.98. The molecule has 1 atom stereocenters. The molecule has 1 aliphatic heterocycles. The quantitative estimate of drug-likeness (QED) is 0.450. The van der Waals surface area contributed by atoms with Crippen LogP contribution < -0.4 is 10.1 Å². The SMILES string of the molecule is CC(C)c1c(C(=O)N[C@H]2CCOc3ccccc32)sc2c(-c3ccncc3)ccnc12. The van der Waals surface area contributed by atoms with Gasteiger partial charge in [-0.1, -0.05) is 32.0 Å². The fraction of sp³-hybridized carbons (Fsp3) is 0.240. The Kier molecular flexibility index (Phi) is 5.16. The van der Waals surface area contributed by atoms with Crippen molar-refractivity contribution < 1.29 is 9.53 Å². The van der Waals surface area contributed by atoms with E-state index in [1.807, 2.05) is 48.7 Å². The zero-order valence-electron chi connectivity index (χ0n) is 17.5. The molecule has 5 rings (SSSR count). The number of fused-ring (bicyclic) bond motifs is 2. The summed E-state index contributed by atoms with van der Waals surface area (Å²) >= 11 is 1.53. The van der Waals surface area contributed by atoms with Crippen LogP contribution in [0.1, 0.15) is 53.0 Å². The molecule has 0 fully saturated rings. The molecule has 1 amide bonds. The van der Waals surface area contributed by atoms with Crippen LogP contribution in [0.15, 0.2) is 61.1 Å². The molecule has 1 aromatic carbocycles. The van der Waals surface area contributed by atoms with Crippen LogP contribution >= 0.6 is 11.3 Å². The molecule has 6 heteroatoms. The predicted molar refractivity (Wildman–Crippen MR) is 124 cm³/mol. The van der Waals surface area contributed by atoms with Crippen molar-refractivity contribution in [1.82, 2.24) is 15.3 Å². The fourth-order valence-corrected chi connectivity index (χ4v) is 5.54. The highest BCUT2D eigenvalue weighted by atomic mass is 32.1. The Morgan fingerprint density at radius 2 is 1.94 bits per heavy atom. The number of hydrogen-bond acceptors (Lipinski definition) is 5. The van der Waals surface area contributed by atoms with Crippen molar-refractivity contribution >= 4 is 27.5 Å². The van der Waals surface area contributed by atoms with Gasteiger partial charge in [0, 0.05) is 41.7 Å². The number of pyridine rings is 2. The molecule has 5 nitrogen and oxygen atoms in total. The minimum Gasteiger partial charge on any atom is -0.493 e. The largest absolute Gasteiger partial charge is 0.493 e. The number of carbonyl (C=O) groups is 1. The van der Waals surface area contributed by atoms with E-state index in [1.165, 1.54) is 11.3 Å². The first-order chi connectivity index (χ1) is 15.1. The van der Waals surface area contributed by atoms with Crippen LogP contribution in [0.3, 0.4) is 0 Å². The molecule has 31 heavy (non-hydrogen) atoms. The molecule has 1 N–H and O–H groups in total. The first-order valence-electron chi connectivity index (χ1n) is 10.5. The Balaban J connectivity index is 1.57. The first-order valence-corrected chi connectivity index (χ1v) is 11.3. The highest BCUT2D eigenvalue weighted by Crippen LogP contribution is 2.40. The van der Waals surface area contributed by atoms with E-state index in [-0.39, 0.29) is 17.9 Å². The molecule has 0 radical (unpaired) electrons. The van der Waals surface area contributed by atoms with E-state index in [0.717, 1.165) is 49.5 Å². The van der Waals surface area contributed by atoms with Gasteiger partial charge < -0.3 is 10.1 Å². The third-order valence-electron chi connectivity index (χ3n) is 5.65. The van der Waals surface area contributed by atoms with Gasteiger partial charge in [0.25, 0.3) is 5.91 Å². The molecular weight excluding hydrogens is 406 g/mol. The van der Waals surface area contributed by atoms with Crippen LogP contribution in [0, 0.1) is 0 Å². The summed E-state index contributed by atoms with van der Waals surface area (Å²) in [6, 6.07) is 13.8. The lowest BCUT2D eigenvalue weighted by molar-refractivity contribution is 0.0928. The number of carbonyl (C=O) groups excluding carboxylic acids is 1. The summed E-state index contributed by atoms with van der Waals surface area (Å²) in [5.41, 5.74) is 5.10. The summed E-state index contributed by atoms with van der Waals surface area (Å²) in [6.07, 6.45) is 6.15. The number of rotatable bonds is 4. The summed E-state index contributed by atoms with van der Waals surface area (Å²) in [4.78, 5) is 23.0. The summed E-state index contributed by atoms with van der Waals surface area (Å²) < 4.78 is 6.79. The summed E-state index contributed by atoms with van der Waals surface area (Å²) in [5, 5.41) is 3.26. The van der Waals surface area contributed by atoms with Gasteiger partial charge in [-0.3, -0.25) is 14.8 Å². The molecule has 1 aliphatic rings. The second-order valence-electron chi connectivity index (χ2n) is 7.97. The molecule has 0 unspecified atom stereocenters. The molecule has 0 saturated heterocycles. The number of thiophene rings is 1. The van der Waals surface area contributed by atoms with Crippen LogP contribution in [0.2, 0.25) is 0 Å². The van der Waals surface area contributed by atoms with Gasteiger partial charge in [-0.25, -0.2) is 0 Å². The first kappa shape index (κ1) is 19.7. The Labute approximate surface area is 185 Å². The zero-order chi connectivity index (χ0) is 21.4. The van der Waals surface area contributed by atoms with Crippen molar-refractivity contribution in [1.29, 1.82) is 0 Å². The minimum atomic E-state index is -0.0599. The number of benzene rings is 1. The standard InChI is InChI=1S/C25H23N3O2S/c1-15(2)21-22-23(17(9-13-27-22)16-7-11-26-12-8-16)31-24(21)25(29)28-19-10-14-30-20-6-4-3-5-18(19)20/h3-9,11-13,15,19H,10,14H2,1-2H3,(H,28,29)/t19-/m0/s1. The van der Waals surface area contributed by atoms with E-state index >= 15 is 0 Å². The normalized spacial score (nSPS) is 15.5. The Bertz CT molecular complexity index is 1250. The topological polar surface area (TPSA) is 64.1 Å². The molecule has 3 aromatic heterocycles. The lowest BCUT2D eigenvalue weighted by Crippen LogP contribution is -2.32. The van der Waals surface area contributed by atoms with Gasteiger partial charge in [0.1, 0.15) is 5.75 Å². The van der Waals surface area contributed by atoms with Gasteiger partial charge >= 0.3 is 0 Å². The number of aromatic nitrogens is 2. The second-order valence-corrected chi connectivity index (χ2v) is 8.99. The fourth-order valence-electron chi connectivity index (χ4n) is 4.19. The number of nitrogens with one attached hydrogen (secondary N) is 1. The van der Waals surface area contributed by atoms with Crippen LogP contribution in [0.4, 0.5) is 0 Å². The minimum absolute atomic E-state index is 0.0471. The zero-order valence-corrected chi connectivity index (χ0v) is 18.3. The molecule has 0 spiro atoms. The number of amides is 1. The lowest BCUT2D eigenvalue weighted by Gasteiger charge is -2.26. The van der Waals surface area contributed by atoms with E-state index < -0.39 is 0 Å². The Morgan fingerprint density at radius 1 is 1.13 bits per heavy atom. The van der Waals surface area contributed by atoms with Gasteiger partial charge in [0.15, 0.2) is 0 Å². The van der Waals surface area contributed by atoms with Crippen LogP contribution in [-0.2, 0) is 0 Å². The van der Waals surface area contributed by atoms with Gasteiger partial charge in [-0.15, -0.1) is 11.3 Å². The molecule has 4 heterocycles. The highest BCUT2D eigenvalue weighted by molar-refractivity contribution is 7.21. The van der Waals surface area contributed by atoms with Gasteiger partial charge in [0.05, 0.1) is 27.7 Å². The van der Waals surface area contributed by atoms with Crippen LogP contribution in [0.25, 0.3) is 21.3 Å². The Morgan fingerprint density at radius 3 is 2.74 bits per heavy atom. The number of hydrogen-bond donors (Lipinski definition) is 1. The molecule has 156 valence electrons. The van der Waals surface area contributed by atoms with Gasteiger partial charge in [-0.05, 0) is 35.7 Å². The molecule has 4 aromatic rings. The maximum absolute atomic E-state index is 13.5. The monoisotopic (exact) mass is 429 g/mol. The molecule has 0 saturated carbocycles. The number of nitrogens with zero attached hydrogens (tertiary/aromatic N) is 2. The maximum Gasteiger partial charge on any atom is 0.262 e. The predicted octanol–water partition coefficient (Wildman–Crippen LogP) is 5.74. The van der Waals surface area contributed by atoms with E-state index in [4.69, 9.17) is 4.74 Å². The molecule has 0 bridgehead atoms. The number of ether oxygens (including phenoxy) is 1. The van der Waals surface area contributed by atoms with Crippen molar-refractivity contribution in [2.24, 2.45) is 0 Å². The van der Waals surface area contributed by atoms with Crippen molar-refractivity contribution in [3.05, 3.63) is 77.1 Å². The maximum atomic E-state index is 13.5. The summed E-state index contributed by atoms with van der Waals surface area (Å²) in [6.45, 7) is 4.82. The van der Waals surface area contributed by atoms with E-state index in [9.17, 15) is 4.79 Å². The number of para-hydroxylation sites is 1. The van der Waals surface area contributed by atoms with Crippen molar-refractivity contribution in [3.63, 3.8) is 0 Å². The average molecular weight is 430 g/mol. The van der Waals surface area contributed by atoms with Crippen LogP contribution in [-0.4, -0.2) is 22.5 Å². The van der Waals surface area contributed by atoms with Gasteiger partial charge in [0.2, 0.25) is 0 Å². The van der Waals surface area contributed by atoms with E-state index in [2.05, 4.69) is 29.1 Å². The van der Waals surface area contributed by atoms with Crippen molar-refractivity contribution in [2.45, 2.75) is 32.2 Å². The molecule has 0 aliphatic carbocycles. The summed E-state index contributed by atoms with van der Waals surface area (Å²) in [7, 11) is 0. The smallest absolute Gasteiger partial charge is 0.262 e. The molecular formula is C25H23N3O2S.